The second-order valence-electron chi connectivity index (χ2n) is 6.36. The van der Waals surface area contributed by atoms with Crippen molar-refractivity contribution in [3.05, 3.63) is 72.7 Å². The van der Waals surface area contributed by atoms with Crippen LogP contribution in [0.3, 0.4) is 0 Å². The summed E-state index contributed by atoms with van der Waals surface area (Å²) in [6.07, 6.45) is 5.22. The number of urea groups is 1. The average molecular weight is 372 g/mol. The zero-order valence-corrected chi connectivity index (χ0v) is 15.5. The van der Waals surface area contributed by atoms with Crippen LogP contribution in [0.25, 0.3) is 22.6 Å². The second-order valence-corrected chi connectivity index (χ2v) is 6.36. The molecule has 2 N–H and O–H groups in total. The Hall–Kier alpha value is -3.74. The number of para-hydroxylation sites is 1. The van der Waals surface area contributed by atoms with Gasteiger partial charge in [0.15, 0.2) is 5.65 Å². The number of hydrogen-bond donors (Lipinski definition) is 2. The van der Waals surface area contributed by atoms with E-state index in [-0.39, 0.29) is 6.03 Å². The van der Waals surface area contributed by atoms with Gasteiger partial charge in [-0.2, -0.15) is 0 Å². The van der Waals surface area contributed by atoms with Gasteiger partial charge in [0.1, 0.15) is 11.3 Å². The molecule has 0 radical (unpaired) electrons. The molecule has 0 bridgehead atoms. The Morgan fingerprint density at radius 1 is 1.04 bits per heavy atom. The summed E-state index contributed by atoms with van der Waals surface area (Å²) in [7, 11) is 0. The molecule has 0 aliphatic heterocycles. The highest BCUT2D eigenvalue weighted by Crippen LogP contribution is 2.22. The fraction of sp³-hybridized carbons (Fsp3) is 0.143. The number of amides is 2. The number of hydrogen-bond acceptors (Lipinski definition) is 4. The molecule has 2 amide bonds. The summed E-state index contributed by atoms with van der Waals surface area (Å²) in [6, 6.07) is 15.1. The van der Waals surface area contributed by atoms with Crippen molar-refractivity contribution in [1.29, 1.82) is 0 Å². The van der Waals surface area contributed by atoms with Crippen LogP contribution in [0.1, 0.15) is 5.56 Å². The van der Waals surface area contributed by atoms with Crippen LogP contribution in [0.5, 0.6) is 0 Å². The third-order valence-electron chi connectivity index (χ3n) is 4.46. The number of aryl methyl sites for hydroxylation is 1. The first kappa shape index (κ1) is 17.7. The van der Waals surface area contributed by atoms with Crippen LogP contribution in [-0.2, 0) is 6.54 Å². The summed E-state index contributed by atoms with van der Waals surface area (Å²) >= 11 is 0. The van der Waals surface area contributed by atoms with E-state index < -0.39 is 0 Å². The van der Waals surface area contributed by atoms with Gasteiger partial charge in [-0.15, -0.1) is 0 Å². The van der Waals surface area contributed by atoms with Gasteiger partial charge < -0.3 is 15.2 Å². The Morgan fingerprint density at radius 2 is 1.86 bits per heavy atom. The van der Waals surface area contributed by atoms with E-state index in [0.717, 1.165) is 33.8 Å². The van der Waals surface area contributed by atoms with E-state index in [9.17, 15) is 4.79 Å². The van der Waals surface area contributed by atoms with Crippen molar-refractivity contribution in [3.8, 4) is 11.4 Å². The summed E-state index contributed by atoms with van der Waals surface area (Å²) in [4.78, 5) is 25.5. The monoisotopic (exact) mass is 372 g/mol. The van der Waals surface area contributed by atoms with Gasteiger partial charge in [0.05, 0.1) is 0 Å². The minimum atomic E-state index is -0.239. The molecule has 140 valence electrons. The molecule has 28 heavy (non-hydrogen) atoms. The molecule has 0 saturated heterocycles. The smallest absolute Gasteiger partial charge is 0.319 e. The Balaban J connectivity index is 1.50. The van der Waals surface area contributed by atoms with Crippen LogP contribution in [0.4, 0.5) is 10.5 Å². The first-order chi connectivity index (χ1) is 13.7. The number of benzene rings is 1. The first-order valence-electron chi connectivity index (χ1n) is 9.04. The highest BCUT2D eigenvalue weighted by Gasteiger charge is 2.13. The molecule has 4 rings (SSSR count). The lowest BCUT2D eigenvalue weighted by atomic mass is 10.2. The molecule has 0 atom stereocenters. The van der Waals surface area contributed by atoms with Gasteiger partial charge in [0.2, 0.25) is 0 Å². The molecule has 0 aliphatic carbocycles. The number of nitrogens with zero attached hydrogens (tertiary/aromatic N) is 4. The second kappa shape index (κ2) is 7.87. The number of imidazole rings is 1. The van der Waals surface area contributed by atoms with E-state index in [2.05, 4.69) is 20.6 Å². The Morgan fingerprint density at radius 3 is 2.68 bits per heavy atom. The molecule has 4 aromatic rings. The number of aromatic nitrogens is 4. The minimum Gasteiger partial charge on any atom is -0.336 e. The quantitative estimate of drug-likeness (QED) is 0.560. The van der Waals surface area contributed by atoms with E-state index in [4.69, 9.17) is 4.98 Å². The maximum absolute atomic E-state index is 12.2. The van der Waals surface area contributed by atoms with Crippen LogP contribution in [0.2, 0.25) is 0 Å². The van der Waals surface area contributed by atoms with E-state index in [0.29, 0.717) is 13.1 Å². The van der Waals surface area contributed by atoms with E-state index >= 15 is 0 Å². The highest BCUT2D eigenvalue weighted by atomic mass is 16.2. The summed E-state index contributed by atoms with van der Waals surface area (Å²) in [6.45, 7) is 2.95. The van der Waals surface area contributed by atoms with Crippen LogP contribution in [-0.4, -0.2) is 32.1 Å². The lowest BCUT2D eigenvalue weighted by molar-refractivity contribution is 0.251. The van der Waals surface area contributed by atoms with Gasteiger partial charge in [0, 0.05) is 42.9 Å². The number of nitrogens with one attached hydrogen (secondary N) is 2. The van der Waals surface area contributed by atoms with E-state index in [1.54, 1.807) is 18.6 Å². The molecule has 7 heteroatoms. The lowest BCUT2D eigenvalue weighted by Crippen LogP contribution is -2.31. The van der Waals surface area contributed by atoms with Crippen molar-refractivity contribution in [2.75, 3.05) is 11.9 Å². The molecule has 3 heterocycles. The van der Waals surface area contributed by atoms with Crippen LogP contribution in [0.15, 0.2) is 67.1 Å². The number of fused-ring (bicyclic) bond motifs is 1. The molecule has 7 nitrogen and oxygen atoms in total. The topological polar surface area (TPSA) is 84.7 Å². The first-order valence-corrected chi connectivity index (χ1v) is 9.04. The molecule has 0 fully saturated rings. The maximum Gasteiger partial charge on any atom is 0.319 e. The Labute approximate surface area is 162 Å². The SMILES string of the molecule is Cc1ccccc1NC(=O)NCCn1c(-c2ccncc2)nc2cccnc21. The van der Waals surface area contributed by atoms with Gasteiger partial charge in [-0.3, -0.25) is 4.98 Å². The molecule has 0 spiro atoms. The van der Waals surface area contributed by atoms with Gasteiger partial charge in [-0.25, -0.2) is 14.8 Å². The van der Waals surface area contributed by atoms with Crippen molar-refractivity contribution in [2.45, 2.75) is 13.5 Å². The number of anilines is 1. The molecule has 0 unspecified atom stereocenters. The van der Waals surface area contributed by atoms with Gasteiger partial charge >= 0.3 is 6.03 Å². The third kappa shape index (κ3) is 3.68. The minimum absolute atomic E-state index is 0.239. The normalized spacial score (nSPS) is 10.8. The summed E-state index contributed by atoms with van der Waals surface area (Å²) < 4.78 is 2.01. The van der Waals surface area contributed by atoms with Gasteiger partial charge in [-0.05, 0) is 42.8 Å². The zero-order valence-electron chi connectivity index (χ0n) is 15.5. The number of pyridine rings is 2. The maximum atomic E-state index is 12.2. The van der Waals surface area contributed by atoms with Crippen molar-refractivity contribution >= 4 is 22.9 Å². The molecule has 1 aromatic carbocycles. The number of rotatable bonds is 5. The molecule has 3 aromatic heterocycles. The van der Waals surface area contributed by atoms with E-state index in [1.807, 2.05) is 60.0 Å². The predicted molar refractivity (Wildman–Crippen MR) is 109 cm³/mol. The van der Waals surface area contributed by atoms with Crippen LogP contribution < -0.4 is 10.6 Å². The summed E-state index contributed by atoms with van der Waals surface area (Å²) in [5.41, 5.74) is 4.38. The number of carbonyl (C=O) groups is 1. The average Bonchev–Trinajstić information content (AvgIpc) is 3.09. The van der Waals surface area contributed by atoms with Crippen molar-refractivity contribution < 1.29 is 4.79 Å². The van der Waals surface area contributed by atoms with Gasteiger partial charge in [0.25, 0.3) is 0 Å². The lowest BCUT2D eigenvalue weighted by Gasteiger charge is -2.12. The fourth-order valence-corrected chi connectivity index (χ4v) is 3.05. The fourth-order valence-electron chi connectivity index (χ4n) is 3.05. The highest BCUT2D eigenvalue weighted by molar-refractivity contribution is 5.90. The Kier molecular flexibility index (Phi) is 4.97. The van der Waals surface area contributed by atoms with Crippen molar-refractivity contribution in [1.82, 2.24) is 24.8 Å². The van der Waals surface area contributed by atoms with Crippen molar-refractivity contribution in [2.24, 2.45) is 0 Å². The predicted octanol–water partition coefficient (Wildman–Crippen LogP) is 3.62. The molecule has 0 saturated carbocycles. The largest absolute Gasteiger partial charge is 0.336 e. The number of carbonyl (C=O) groups excluding carboxylic acids is 1. The van der Waals surface area contributed by atoms with Crippen LogP contribution in [0, 0.1) is 6.92 Å². The van der Waals surface area contributed by atoms with Gasteiger partial charge in [-0.1, -0.05) is 18.2 Å². The van der Waals surface area contributed by atoms with Crippen LogP contribution >= 0.6 is 0 Å². The van der Waals surface area contributed by atoms with E-state index in [1.165, 1.54) is 0 Å². The standard InChI is InChI=1S/C21H20N6O/c1-15-5-2-3-6-17(15)26-21(28)24-13-14-27-19(16-8-11-22-12-9-16)25-18-7-4-10-23-20(18)27/h2-12H,13-14H2,1H3,(H2,24,26,28). The molecular formula is C21H20N6O. The zero-order chi connectivity index (χ0) is 19.3. The Bertz CT molecular complexity index is 1110. The summed E-state index contributed by atoms with van der Waals surface area (Å²) in [5, 5.41) is 5.78. The summed E-state index contributed by atoms with van der Waals surface area (Å²) in [5.74, 6) is 0.803. The third-order valence-corrected chi connectivity index (χ3v) is 4.46. The molecular weight excluding hydrogens is 352 g/mol. The molecule has 0 aliphatic rings. The van der Waals surface area contributed by atoms with Crippen molar-refractivity contribution in [3.63, 3.8) is 0 Å².